The number of nitrogens with zero attached hydrogens (tertiary/aromatic N) is 1. The Balaban J connectivity index is 2.03. The van der Waals surface area contributed by atoms with Crippen molar-refractivity contribution in [3.05, 3.63) is 35.5 Å². The van der Waals surface area contributed by atoms with Crippen LogP contribution in [-0.4, -0.2) is 11.0 Å². The highest BCUT2D eigenvalue weighted by atomic mass is 35.5. The summed E-state index contributed by atoms with van der Waals surface area (Å²) in [6.07, 6.45) is 3.09. The quantitative estimate of drug-likeness (QED) is 0.854. The van der Waals surface area contributed by atoms with E-state index in [-0.39, 0.29) is 0 Å². The maximum Gasteiger partial charge on any atom is 0.0737 e. The van der Waals surface area contributed by atoms with Gasteiger partial charge in [0.05, 0.1) is 5.52 Å². The van der Waals surface area contributed by atoms with E-state index in [1.165, 1.54) is 6.42 Å². The van der Waals surface area contributed by atoms with Gasteiger partial charge in [-0.1, -0.05) is 18.5 Å². The van der Waals surface area contributed by atoms with Crippen molar-refractivity contribution in [1.29, 1.82) is 0 Å². The Morgan fingerprint density at radius 1 is 1.38 bits per heavy atom. The fourth-order valence-corrected chi connectivity index (χ4v) is 2.14. The molecule has 1 aliphatic rings. The summed E-state index contributed by atoms with van der Waals surface area (Å²) in [5, 5.41) is 5.42. The van der Waals surface area contributed by atoms with Gasteiger partial charge >= 0.3 is 0 Å². The fraction of sp³-hybridized carbons (Fsp3) is 0.308. The van der Waals surface area contributed by atoms with Crippen LogP contribution in [-0.2, 0) is 0 Å². The first kappa shape index (κ1) is 9.91. The van der Waals surface area contributed by atoms with Gasteiger partial charge in [0.15, 0.2) is 0 Å². The number of aromatic nitrogens is 1. The van der Waals surface area contributed by atoms with Crippen molar-refractivity contribution in [3.63, 3.8) is 0 Å². The molecule has 1 aromatic heterocycles. The van der Waals surface area contributed by atoms with Crippen LogP contribution in [0.3, 0.4) is 0 Å². The van der Waals surface area contributed by atoms with Gasteiger partial charge in [-0.15, -0.1) is 0 Å². The van der Waals surface area contributed by atoms with E-state index in [4.69, 9.17) is 11.6 Å². The summed E-state index contributed by atoms with van der Waals surface area (Å²) in [7, 11) is 0. The van der Waals surface area contributed by atoms with Gasteiger partial charge in [-0.05, 0) is 36.6 Å². The maximum absolute atomic E-state index is 5.95. The average Bonchev–Trinajstić information content (AvgIpc) is 2.94. The van der Waals surface area contributed by atoms with Gasteiger partial charge in [-0.2, -0.15) is 0 Å². The Morgan fingerprint density at radius 2 is 2.19 bits per heavy atom. The molecule has 1 saturated carbocycles. The van der Waals surface area contributed by atoms with Gasteiger partial charge < -0.3 is 5.32 Å². The summed E-state index contributed by atoms with van der Waals surface area (Å²) in [6.45, 7) is 2.26. The van der Waals surface area contributed by atoms with E-state index in [1.54, 1.807) is 0 Å². The predicted molar refractivity (Wildman–Crippen MR) is 67.9 cm³/mol. The largest absolute Gasteiger partial charge is 0.381 e. The second-order valence-electron chi connectivity index (χ2n) is 4.48. The molecule has 0 saturated heterocycles. The monoisotopic (exact) mass is 232 g/mol. The molecule has 3 rings (SSSR count). The molecule has 1 aromatic carbocycles. The Hall–Kier alpha value is -1.28. The van der Waals surface area contributed by atoms with E-state index in [1.807, 2.05) is 30.5 Å². The highest BCUT2D eigenvalue weighted by molar-refractivity contribution is 6.31. The van der Waals surface area contributed by atoms with Crippen molar-refractivity contribution < 1.29 is 0 Å². The lowest BCUT2D eigenvalue weighted by atomic mass is 10.2. The molecule has 2 nitrogen and oxygen atoms in total. The number of pyridine rings is 1. The lowest BCUT2D eigenvalue weighted by molar-refractivity contribution is 0.930. The first-order valence-electron chi connectivity index (χ1n) is 5.55. The van der Waals surface area contributed by atoms with Crippen LogP contribution >= 0.6 is 11.6 Å². The summed E-state index contributed by atoms with van der Waals surface area (Å²) in [4.78, 5) is 4.32. The summed E-state index contributed by atoms with van der Waals surface area (Å²) in [5.74, 6) is 0.788. The number of fused-ring (bicyclic) bond motifs is 1. The molecule has 82 valence electrons. The zero-order chi connectivity index (χ0) is 11.1. The highest BCUT2D eigenvalue weighted by Gasteiger charge is 2.32. The number of rotatable bonds is 2. The molecule has 2 atom stereocenters. The molecule has 1 N–H and O–H groups in total. The van der Waals surface area contributed by atoms with Crippen LogP contribution in [0.1, 0.15) is 13.3 Å². The van der Waals surface area contributed by atoms with Crippen LogP contribution in [0.15, 0.2) is 30.5 Å². The number of nitrogens with one attached hydrogen (secondary N) is 1. The number of hydrogen-bond donors (Lipinski definition) is 1. The Morgan fingerprint density at radius 3 is 2.94 bits per heavy atom. The standard InChI is InChI=1S/C13H13ClN2/c1-8-6-12(8)16-11-4-5-15-13-7-9(14)2-3-10(11)13/h2-5,7-8,12H,6H2,1H3,(H,15,16). The van der Waals surface area contributed by atoms with Gasteiger partial charge in [0.1, 0.15) is 0 Å². The number of hydrogen-bond acceptors (Lipinski definition) is 2. The normalized spacial score (nSPS) is 23.4. The van der Waals surface area contributed by atoms with Gasteiger partial charge in [-0.25, -0.2) is 0 Å². The summed E-state index contributed by atoms with van der Waals surface area (Å²) < 4.78 is 0. The van der Waals surface area contributed by atoms with Crippen molar-refractivity contribution in [2.45, 2.75) is 19.4 Å². The van der Waals surface area contributed by atoms with E-state index in [2.05, 4.69) is 17.2 Å². The lowest BCUT2D eigenvalue weighted by Gasteiger charge is -2.08. The smallest absolute Gasteiger partial charge is 0.0737 e. The Bertz CT molecular complexity index is 538. The van der Waals surface area contributed by atoms with E-state index in [0.717, 1.165) is 27.5 Å². The summed E-state index contributed by atoms with van der Waals surface area (Å²) in [6, 6.07) is 8.49. The SMILES string of the molecule is CC1CC1Nc1ccnc2cc(Cl)ccc12. The molecular weight excluding hydrogens is 220 g/mol. The highest BCUT2D eigenvalue weighted by Crippen LogP contribution is 2.34. The summed E-state index contributed by atoms with van der Waals surface area (Å²) in [5.41, 5.74) is 2.11. The van der Waals surface area contributed by atoms with E-state index in [0.29, 0.717) is 6.04 Å². The third kappa shape index (κ3) is 1.74. The molecule has 0 bridgehead atoms. The fourth-order valence-electron chi connectivity index (χ4n) is 1.97. The molecular formula is C13H13ClN2. The van der Waals surface area contributed by atoms with E-state index in [9.17, 15) is 0 Å². The van der Waals surface area contributed by atoms with Crippen LogP contribution in [0.5, 0.6) is 0 Å². The Labute approximate surface area is 99.6 Å². The second-order valence-corrected chi connectivity index (χ2v) is 4.92. The van der Waals surface area contributed by atoms with Crippen LogP contribution in [0, 0.1) is 5.92 Å². The van der Waals surface area contributed by atoms with E-state index < -0.39 is 0 Å². The molecule has 16 heavy (non-hydrogen) atoms. The first-order chi connectivity index (χ1) is 7.74. The van der Waals surface area contributed by atoms with Crippen LogP contribution in [0.2, 0.25) is 5.02 Å². The molecule has 1 fully saturated rings. The second kappa shape index (κ2) is 3.63. The van der Waals surface area contributed by atoms with Crippen molar-refractivity contribution in [3.8, 4) is 0 Å². The minimum absolute atomic E-state index is 0.626. The molecule has 0 amide bonds. The topological polar surface area (TPSA) is 24.9 Å². The van der Waals surface area contributed by atoms with Crippen molar-refractivity contribution in [2.75, 3.05) is 5.32 Å². The van der Waals surface area contributed by atoms with Crippen molar-refractivity contribution in [1.82, 2.24) is 4.98 Å². The maximum atomic E-state index is 5.95. The molecule has 2 aromatic rings. The van der Waals surface area contributed by atoms with Gasteiger partial charge in [0.25, 0.3) is 0 Å². The average molecular weight is 233 g/mol. The molecule has 2 unspecified atom stereocenters. The molecule has 0 aliphatic heterocycles. The zero-order valence-electron chi connectivity index (χ0n) is 9.07. The van der Waals surface area contributed by atoms with E-state index >= 15 is 0 Å². The van der Waals surface area contributed by atoms with Crippen LogP contribution in [0.25, 0.3) is 10.9 Å². The summed E-state index contributed by atoms with van der Waals surface area (Å²) >= 11 is 5.95. The van der Waals surface area contributed by atoms with Crippen LogP contribution < -0.4 is 5.32 Å². The lowest BCUT2D eigenvalue weighted by Crippen LogP contribution is -2.03. The molecule has 0 radical (unpaired) electrons. The molecule has 0 spiro atoms. The minimum atomic E-state index is 0.626. The predicted octanol–water partition coefficient (Wildman–Crippen LogP) is 3.71. The Kier molecular flexibility index (Phi) is 2.25. The first-order valence-corrected chi connectivity index (χ1v) is 5.92. The van der Waals surface area contributed by atoms with Gasteiger partial charge in [0, 0.05) is 28.3 Å². The number of halogens is 1. The molecule has 3 heteroatoms. The third-order valence-corrected chi connectivity index (χ3v) is 3.39. The number of benzene rings is 1. The van der Waals surface area contributed by atoms with Gasteiger partial charge in [-0.3, -0.25) is 4.98 Å². The van der Waals surface area contributed by atoms with Gasteiger partial charge in [0.2, 0.25) is 0 Å². The molecule has 1 aliphatic carbocycles. The number of anilines is 1. The van der Waals surface area contributed by atoms with Crippen molar-refractivity contribution >= 4 is 28.2 Å². The third-order valence-electron chi connectivity index (χ3n) is 3.16. The molecule has 1 heterocycles. The minimum Gasteiger partial charge on any atom is -0.381 e. The zero-order valence-corrected chi connectivity index (χ0v) is 9.83. The van der Waals surface area contributed by atoms with Crippen molar-refractivity contribution in [2.24, 2.45) is 5.92 Å². The van der Waals surface area contributed by atoms with Crippen LogP contribution in [0.4, 0.5) is 5.69 Å².